The van der Waals surface area contributed by atoms with Gasteiger partial charge in [-0.15, -0.1) is 10.2 Å². The number of hydrogen-bond donors (Lipinski definition) is 1. The Hall–Kier alpha value is -4.10. The van der Waals surface area contributed by atoms with E-state index in [1.54, 1.807) is 0 Å². The molecular formula is C30H28N4O2S. The molecule has 4 aromatic carbocycles. The lowest BCUT2D eigenvalue weighted by Gasteiger charge is -2.14. The van der Waals surface area contributed by atoms with Gasteiger partial charge in [0, 0.05) is 11.4 Å². The van der Waals surface area contributed by atoms with Gasteiger partial charge in [-0.3, -0.25) is 9.36 Å². The summed E-state index contributed by atoms with van der Waals surface area (Å²) >= 11 is 1.35. The van der Waals surface area contributed by atoms with Gasteiger partial charge < -0.3 is 10.1 Å². The predicted octanol–water partition coefficient (Wildman–Crippen LogP) is 6.66. The number of aryl methyl sites for hydroxylation is 3. The first kappa shape index (κ1) is 24.6. The first-order valence-electron chi connectivity index (χ1n) is 12.1. The number of nitrogens with one attached hydrogen (secondary N) is 1. The van der Waals surface area contributed by atoms with Crippen LogP contribution in [0.3, 0.4) is 0 Å². The molecule has 1 aromatic heterocycles. The molecule has 186 valence electrons. The maximum atomic E-state index is 12.8. The number of rotatable bonds is 8. The van der Waals surface area contributed by atoms with Gasteiger partial charge in [0.1, 0.15) is 12.4 Å². The number of anilines is 1. The Morgan fingerprint density at radius 2 is 1.59 bits per heavy atom. The Morgan fingerprint density at radius 3 is 2.35 bits per heavy atom. The topological polar surface area (TPSA) is 69.0 Å². The summed E-state index contributed by atoms with van der Waals surface area (Å²) in [5.41, 5.74) is 5.00. The number of fused-ring (bicyclic) bond motifs is 1. The first-order chi connectivity index (χ1) is 18.0. The largest absolute Gasteiger partial charge is 0.485 e. The van der Waals surface area contributed by atoms with E-state index in [1.807, 2.05) is 104 Å². The van der Waals surface area contributed by atoms with Crippen LogP contribution >= 0.6 is 11.8 Å². The number of thioether (sulfide) groups is 1. The molecule has 0 aliphatic rings. The molecule has 0 spiro atoms. The van der Waals surface area contributed by atoms with Gasteiger partial charge in [0.15, 0.2) is 11.0 Å². The Morgan fingerprint density at radius 1 is 0.865 bits per heavy atom. The van der Waals surface area contributed by atoms with Gasteiger partial charge in [0.25, 0.3) is 0 Å². The number of amides is 1. The van der Waals surface area contributed by atoms with Crippen LogP contribution < -0.4 is 10.1 Å². The molecule has 0 fully saturated rings. The van der Waals surface area contributed by atoms with Crippen LogP contribution in [0.15, 0.2) is 90.1 Å². The smallest absolute Gasteiger partial charge is 0.234 e. The Balaban J connectivity index is 1.34. The molecule has 0 saturated heterocycles. The lowest BCUT2D eigenvalue weighted by atomic mass is 10.1. The van der Waals surface area contributed by atoms with E-state index in [2.05, 4.69) is 21.6 Å². The van der Waals surface area contributed by atoms with Gasteiger partial charge in [-0.2, -0.15) is 0 Å². The van der Waals surface area contributed by atoms with Crippen LogP contribution in [-0.2, 0) is 11.4 Å². The molecule has 5 aromatic rings. The number of aromatic nitrogens is 3. The normalized spacial score (nSPS) is 11.0. The lowest BCUT2D eigenvalue weighted by molar-refractivity contribution is -0.113. The number of carbonyl (C=O) groups is 1. The van der Waals surface area contributed by atoms with Gasteiger partial charge in [-0.25, -0.2) is 0 Å². The molecule has 0 saturated carbocycles. The number of benzene rings is 4. The van der Waals surface area contributed by atoms with Crippen molar-refractivity contribution in [3.8, 4) is 11.4 Å². The fourth-order valence-corrected chi connectivity index (χ4v) is 4.97. The molecule has 0 radical (unpaired) electrons. The second kappa shape index (κ2) is 10.9. The van der Waals surface area contributed by atoms with Gasteiger partial charge in [-0.1, -0.05) is 78.0 Å². The average molecular weight is 509 g/mol. The molecule has 1 amide bonds. The zero-order valence-corrected chi connectivity index (χ0v) is 21.9. The first-order valence-corrected chi connectivity index (χ1v) is 13.1. The fourth-order valence-electron chi connectivity index (χ4n) is 4.20. The van der Waals surface area contributed by atoms with Crippen molar-refractivity contribution in [3.63, 3.8) is 0 Å². The predicted molar refractivity (Wildman–Crippen MR) is 150 cm³/mol. The summed E-state index contributed by atoms with van der Waals surface area (Å²) in [7, 11) is 0. The number of hydrogen-bond acceptors (Lipinski definition) is 5. The molecule has 1 N–H and O–H groups in total. The van der Waals surface area contributed by atoms with E-state index >= 15 is 0 Å². The van der Waals surface area contributed by atoms with Crippen LogP contribution in [0, 0.1) is 20.8 Å². The van der Waals surface area contributed by atoms with Crippen molar-refractivity contribution in [2.75, 3.05) is 11.1 Å². The van der Waals surface area contributed by atoms with Crippen molar-refractivity contribution in [2.45, 2.75) is 32.5 Å². The van der Waals surface area contributed by atoms with E-state index in [4.69, 9.17) is 4.74 Å². The molecule has 0 unspecified atom stereocenters. The summed E-state index contributed by atoms with van der Waals surface area (Å²) in [5.74, 6) is 1.62. The minimum atomic E-state index is -0.105. The van der Waals surface area contributed by atoms with E-state index < -0.39 is 0 Å². The molecule has 5 rings (SSSR count). The van der Waals surface area contributed by atoms with Gasteiger partial charge in [-0.05, 0) is 66.9 Å². The molecular weight excluding hydrogens is 480 g/mol. The maximum Gasteiger partial charge on any atom is 0.234 e. The van der Waals surface area contributed by atoms with Crippen LogP contribution in [-0.4, -0.2) is 26.4 Å². The standard InChI is InChI=1S/C30H28N4O2S/c1-20-11-15-26(16-12-20)34-27(18-36-29-21(2)7-6-8-22(29)3)32-33-30(34)37-19-28(35)31-25-14-13-23-9-4-5-10-24(23)17-25/h4-17H,18-19H2,1-3H3,(H,31,35). The highest BCUT2D eigenvalue weighted by Crippen LogP contribution is 2.27. The summed E-state index contributed by atoms with van der Waals surface area (Å²) in [6.07, 6.45) is 0. The van der Waals surface area contributed by atoms with Gasteiger partial charge >= 0.3 is 0 Å². The Labute approximate surface area is 220 Å². The molecule has 0 bridgehead atoms. The van der Waals surface area contributed by atoms with Crippen LogP contribution in [0.4, 0.5) is 5.69 Å². The summed E-state index contributed by atoms with van der Waals surface area (Å²) in [6, 6.07) is 28.2. The van der Waals surface area contributed by atoms with Crippen molar-refractivity contribution < 1.29 is 9.53 Å². The second-order valence-electron chi connectivity index (χ2n) is 8.98. The highest BCUT2D eigenvalue weighted by molar-refractivity contribution is 7.99. The van der Waals surface area contributed by atoms with Crippen molar-refractivity contribution in [1.82, 2.24) is 14.8 Å². The van der Waals surface area contributed by atoms with E-state index in [1.165, 1.54) is 11.8 Å². The average Bonchev–Trinajstić information content (AvgIpc) is 3.30. The zero-order chi connectivity index (χ0) is 25.8. The molecule has 6 nitrogen and oxygen atoms in total. The second-order valence-corrected chi connectivity index (χ2v) is 9.92. The SMILES string of the molecule is Cc1ccc(-n2c(COc3c(C)cccc3C)nnc2SCC(=O)Nc2ccc3ccccc3c2)cc1. The number of carbonyl (C=O) groups excluding carboxylic acids is 1. The Kier molecular flexibility index (Phi) is 7.23. The highest BCUT2D eigenvalue weighted by Gasteiger charge is 2.17. The number of para-hydroxylation sites is 1. The number of ether oxygens (including phenoxy) is 1. The minimum Gasteiger partial charge on any atom is -0.485 e. The van der Waals surface area contributed by atoms with E-state index in [-0.39, 0.29) is 18.3 Å². The molecule has 0 aliphatic heterocycles. The molecule has 7 heteroatoms. The number of nitrogens with zero attached hydrogens (tertiary/aromatic N) is 3. The van der Waals surface area contributed by atoms with E-state index in [9.17, 15) is 4.79 Å². The minimum absolute atomic E-state index is 0.105. The maximum absolute atomic E-state index is 12.8. The third-order valence-electron chi connectivity index (χ3n) is 6.11. The van der Waals surface area contributed by atoms with Gasteiger partial charge in [0.05, 0.1) is 5.75 Å². The molecule has 37 heavy (non-hydrogen) atoms. The van der Waals surface area contributed by atoms with Crippen LogP contribution in [0.5, 0.6) is 5.75 Å². The summed E-state index contributed by atoms with van der Waals surface area (Å²) in [5, 5.41) is 14.7. The fraction of sp³-hybridized carbons (Fsp3) is 0.167. The zero-order valence-electron chi connectivity index (χ0n) is 21.1. The summed E-state index contributed by atoms with van der Waals surface area (Å²) < 4.78 is 8.14. The van der Waals surface area contributed by atoms with Crippen molar-refractivity contribution in [1.29, 1.82) is 0 Å². The van der Waals surface area contributed by atoms with Crippen molar-refractivity contribution in [3.05, 3.63) is 107 Å². The van der Waals surface area contributed by atoms with E-state index in [0.29, 0.717) is 11.0 Å². The molecule has 0 atom stereocenters. The third kappa shape index (κ3) is 5.67. The quantitative estimate of drug-likeness (QED) is 0.238. The third-order valence-corrected chi connectivity index (χ3v) is 7.04. The van der Waals surface area contributed by atoms with Crippen LogP contribution in [0.25, 0.3) is 16.5 Å². The Bertz CT molecular complexity index is 1540. The monoisotopic (exact) mass is 508 g/mol. The summed E-state index contributed by atoms with van der Waals surface area (Å²) in [6.45, 7) is 6.37. The lowest BCUT2D eigenvalue weighted by Crippen LogP contribution is -2.14. The van der Waals surface area contributed by atoms with Crippen molar-refractivity contribution >= 4 is 34.1 Å². The van der Waals surface area contributed by atoms with Gasteiger partial charge in [0.2, 0.25) is 5.91 Å². The van der Waals surface area contributed by atoms with E-state index in [0.717, 1.165) is 44.6 Å². The highest BCUT2D eigenvalue weighted by atomic mass is 32.2. The van der Waals surface area contributed by atoms with Crippen molar-refractivity contribution in [2.24, 2.45) is 0 Å². The molecule has 1 heterocycles. The molecule has 0 aliphatic carbocycles. The summed E-state index contributed by atoms with van der Waals surface area (Å²) in [4.78, 5) is 12.8. The van der Waals surface area contributed by atoms with Crippen LogP contribution in [0.1, 0.15) is 22.5 Å². The van der Waals surface area contributed by atoms with Crippen LogP contribution in [0.2, 0.25) is 0 Å².